The third-order valence-corrected chi connectivity index (χ3v) is 5.58. The molecule has 0 N–H and O–H groups in total. The van der Waals surface area contributed by atoms with Gasteiger partial charge in [0.1, 0.15) is 5.37 Å². The van der Waals surface area contributed by atoms with Crippen LogP contribution in [0.25, 0.3) is 0 Å². The predicted octanol–water partition coefficient (Wildman–Crippen LogP) is 5.56. The first kappa shape index (κ1) is 17.6. The van der Waals surface area contributed by atoms with E-state index in [1.807, 2.05) is 11.8 Å². The van der Waals surface area contributed by atoms with E-state index in [0.29, 0.717) is 5.37 Å². The smallest absolute Gasteiger partial charge is 0.137 e. The van der Waals surface area contributed by atoms with Gasteiger partial charge >= 0.3 is 0 Å². The molecule has 1 nitrogen and oxygen atoms in total. The zero-order valence-electron chi connectivity index (χ0n) is 13.8. The molecule has 0 heterocycles. The van der Waals surface area contributed by atoms with Gasteiger partial charge in [0.2, 0.25) is 0 Å². The lowest BCUT2D eigenvalue weighted by atomic mass is 10.1. The summed E-state index contributed by atoms with van der Waals surface area (Å²) in [6.45, 7) is 5.92. The highest BCUT2D eigenvalue weighted by Crippen LogP contribution is 2.28. The highest BCUT2D eigenvalue weighted by Gasteiger charge is 2.24. The van der Waals surface area contributed by atoms with E-state index in [4.69, 9.17) is 0 Å². The van der Waals surface area contributed by atoms with Crippen molar-refractivity contribution in [3.8, 4) is 0 Å². The number of rotatable bonds is 10. The van der Waals surface area contributed by atoms with Gasteiger partial charge in [-0.1, -0.05) is 62.6 Å². The van der Waals surface area contributed by atoms with Gasteiger partial charge in [0.25, 0.3) is 0 Å². The Kier molecular flexibility index (Phi) is 8.32. The highest BCUT2D eigenvalue weighted by atomic mass is 32.2. The minimum Gasteiger partial charge on any atom is -0.317 e. The monoisotopic (exact) mass is 294 g/mol. The van der Waals surface area contributed by atoms with E-state index in [-0.39, 0.29) is 0 Å². The third kappa shape index (κ3) is 6.81. The molecular formula is C18H32NS+. The van der Waals surface area contributed by atoms with Crippen LogP contribution in [0.5, 0.6) is 0 Å². The van der Waals surface area contributed by atoms with Gasteiger partial charge in [0.15, 0.2) is 0 Å². The van der Waals surface area contributed by atoms with Crippen molar-refractivity contribution in [2.45, 2.75) is 62.6 Å². The van der Waals surface area contributed by atoms with Crippen LogP contribution < -0.4 is 0 Å². The molecule has 114 valence electrons. The lowest BCUT2D eigenvalue weighted by molar-refractivity contribution is -0.898. The highest BCUT2D eigenvalue weighted by molar-refractivity contribution is 7.99. The molecule has 0 fully saturated rings. The predicted molar refractivity (Wildman–Crippen MR) is 92.1 cm³/mol. The zero-order chi connectivity index (χ0) is 14.8. The Hall–Kier alpha value is -0.470. The first-order chi connectivity index (χ1) is 9.56. The molecule has 0 aliphatic rings. The van der Waals surface area contributed by atoms with Crippen LogP contribution in [0.3, 0.4) is 0 Å². The average molecular weight is 295 g/mol. The number of hydrogen-bond acceptors (Lipinski definition) is 1. The Morgan fingerprint density at radius 3 is 2.20 bits per heavy atom. The van der Waals surface area contributed by atoms with Crippen LogP contribution in [0.1, 0.15) is 52.4 Å². The van der Waals surface area contributed by atoms with Gasteiger partial charge in [-0.15, -0.1) is 0 Å². The van der Waals surface area contributed by atoms with Crippen LogP contribution in [0.15, 0.2) is 35.2 Å². The Labute approximate surface area is 130 Å². The summed E-state index contributed by atoms with van der Waals surface area (Å²) in [5, 5.41) is 0.605. The standard InChI is InChI=1S/C18H32NS/c1-5-6-7-8-9-13-16-19(3,4)17(2)20-18-14-11-10-12-15-18/h10-12,14-15,17H,5-9,13,16H2,1-4H3/q+1. The molecule has 0 saturated heterocycles. The summed E-state index contributed by atoms with van der Waals surface area (Å²) in [4.78, 5) is 1.38. The number of thioether (sulfide) groups is 1. The zero-order valence-corrected chi connectivity index (χ0v) is 14.6. The van der Waals surface area contributed by atoms with E-state index in [1.54, 1.807) is 0 Å². The lowest BCUT2D eigenvalue weighted by Gasteiger charge is -2.35. The molecule has 0 aliphatic heterocycles. The SMILES string of the molecule is CCCCCCCC[N+](C)(C)C(C)Sc1ccccc1. The second-order valence-corrected chi connectivity index (χ2v) is 7.69. The van der Waals surface area contributed by atoms with Crippen LogP contribution in [0.4, 0.5) is 0 Å². The molecule has 0 radical (unpaired) electrons. The molecule has 2 heteroatoms. The Morgan fingerprint density at radius 2 is 1.55 bits per heavy atom. The lowest BCUT2D eigenvalue weighted by Crippen LogP contribution is -2.46. The minimum absolute atomic E-state index is 0.605. The topological polar surface area (TPSA) is 0 Å². The summed E-state index contributed by atoms with van der Waals surface area (Å²) in [6.07, 6.45) is 8.32. The van der Waals surface area contributed by atoms with E-state index < -0.39 is 0 Å². The number of nitrogens with zero attached hydrogens (tertiary/aromatic N) is 1. The summed E-state index contributed by atoms with van der Waals surface area (Å²) < 4.78 is 1.10. The summed E-state index contributed by atoms with van der Waals surface area (Å²) in [5.74, 6) is 0. The third-order valence-electron chi connectivity index (χ3n) is 4.12. The summed E-state index contributed by atoms with van der Waals surface area (Å²) in [6, 6.07) is 10.8. The van der Waals surface area contributed by atoms with Crippen molar-refractivity contribution in [2.75, 3.05) is 20.6 Å². The van der Waals surface area contributed by atoms with Gasteiger partial charge < -0.3 is 4.48 Å². The fraction of sp³-hybridized carbons (Fsp3) is 0.667. The molecule has 1 atom stereocenters. The first-order valence-electron chi connectivity index (χ1n) is 8.10. The molecule has 0 saturated carbocycles. The molecule has 1 rings (SSSR count). The number of quaternary nitrogens is 1. The van der Waals surface area contributed by atoms with Crippen LogP contribution in [-0.4, -0.2) is 30.5 Å². The number of unbranched alkanes of at least 4 members (excludes halogenated alkanes) is 5. The Morgan fingerprint density at radius 1 is 0.950 bits per heavy atom. The molecular weight excluding hydrogens is 262 g/mol. The minimum atomic E-state index is 0.605. The quantitative estimate of drug-likeness (QED) is 0.235. The van der Waals surface area contributed by atoms with Crippen LogP contribution >= 0.6 is 11.8 Å². The molecule has 0 aliphatic carbocycles. The molecule has 1 unspecified atom stereocenters. The van der Waals surface area contributed by atoms with Gasteiger partial charge in [-0.05, 0) is 31.9 Å². The molecule has 0 spiro atoms. The summed E-state index contributed by atoms with van der Waals surface area (Å²) in [5.41, 5.74) is 0. The number of benzene rings is 1. The molecule has 1 aromatic carbocycles. The summed E-state index contributed by atoms with van der Waals surface area (Å²) >= 11 is 1.99. The van der Waals surface area contributed by atoms with Gasteiger partial charge in [0, 0.05) is 4.90 Å². The maximum atomic E-state index is 2.37. The second-order valence-electron chi connectivity index (χ2n) is 6.30. The van der Waals surface area contributed by atoms with Gasteiger partial charge in [-0.2, -0.15) is 0 Å². The van der Waals surface area contributed by atoms with E-state index in [0.717, 1.165) is 4.48 Å². The van der Waals surface area contributed by atoms with Crippen LogP contribution in [0, 0.1) is 0 Å². The van der Waals surface area contributed by atoms with E-state index in [9.17, 15) is 0 Å². The van der Waals surface area contributed by atoms with Crippen molar-refractivity contribution in [1.29, 1.82) is 0 Å². The van der Waals surface area contributed by atoms with Gasteiger partial charge in [-0.3, -0.25) is 0 Å². The van der Waals surface area contributed by atoms with Crippen molar-refractivity contribution < 1.29 is 4.48 Å². The van der Waals surface area contributed by atoms with Gasteiger partial charge in [-0.25, -0.2) is 0 Å². The van der Waals surface area contributed by atoms with E-state index in [1.165, 1.54) is 50.0 Å². The Balaban J connectivity index is 2.28. The molecule has 0 aromatic heterocycles. The number of hydrogen-bond donors (Lipinski definition) is 0. The van der Waals surface area contributed by atoms with E-state index >= 15 is 0 Å². The maximum absolute atomic E-state index is 2.37. The molecule has 0 bridgehead atoms. The molecule has 20 heavy (non-hydrogen) atoms. The Bertz CT molecular complexity index is 348. The molecule has 0 amide bonds. The van der Waals surface area contributed by atoms with E-state index in [2.05, 4.69) is 58.3 Å². The maximum Gasteiger partial charge on any atom is 0.137 e. The van der Waals surface area contributed by atoms with Crippen LogP contribution in [0.2, 0.25) is 0 Å². The normalized spacial score (nSPS) is 13.4. The second kappa shape index (κ2) is 9.46. The van der Waals surface area contributed by atoms with Crippen molar-refractivity contribution in [2.24, 2.45) is 0 Å². The van der Waals surface area contributed by atoms with Crippen LogP contribution in [-0.2, 0) is 0 Å². The first-order valence-corrected chi connectivity index (χ1v) is 8.98. The van der Waals surface area contributed by atoms with Crippen molar-refractivity contribution in [3.05, 3.63) is 30.3 Å². The van der Waals surface area contributed by atoms with Gasteiger partial charge in [0.05, 0.1) is 20.6 Å². The fourth-order valence-corrected chi connectivity index (χ4v) is 3.42. The fourth-order valence-electron chi connectivity index (χ4n) is 2.32. The molecule has 1 aromatic rings. The summed E-state index contributed by atoms with van der Waals surface area (Å²) in [7, 11) is 4.74. The van der Waals surface area contributed by atoms with Crippen molar-refractivity contribution >= 4 is 11.8 Å². The van der Waals surface area contributed by atoms with Crippen molar-refractivity contribution in [3.63, 3.8) is 0 Å². The largest absolute Gasteiger partial charge is 0.317 e. The van der Waals surface area contributed by atoms with Crippen molar-refractivity contribution in [1.82, 2.24) is 0 Å². The average Bonchev–Trinajstić information content (AvgIpc) is 2.43.